The minimum atomic E-state index is -1.56. The van der Waals surface area contributed by atoms with Crippen LogP contribution in [0.3, 0.4) is 0 Å². The van der Waals surface area contributed by atoms with E-state index in [9.17, 15) is 14.0 Å². The van der Waals surface area contributed by atoms with E-state index in [0.717, 1.165) is 16.9 Å². The molecule has 0 aliphatic carbocycles. The number of benzene rings is 1. The number of aliphatic hydroxyl groups excluding tert-OH is 1. The first kappa shape index (κ1) is 14.9. The lowest BCUT2D eigenvalue weighted by atomic mass is 10.0. The molecule has 2 rings (SSSR count). The summed E-state index contributed by atoms with van der Waals surface area (Å²) in [6.07, 6.45) is 1.11. The summed E-state index contributed by atoms with van der Waals surface area (Å²) >= 11 is 1.16. The van der Waals surface area contributed by atoms with Gasteiger partial charge in [0.2, 0.25) is 5.76 Å². The van der Waals surface area contributed by atoms with Crippen molar-refractivity contribution in [2.75, 3.05) is 0 Å². The number of hydrogen-bond donors (Lipinski definition) is 2. The van der Waals surface area contributed by atoms with Crippen molar-refractivity contribution in [3.63, 3.8) is 0 Å². The molecule has 0 amide bonds. The normalized spacial score (nSPS) is 11.4. The van der Waals surface area contributed by atoms with Gasteiger partial charge in [-0.15, -0.1) is 11.3 Å². The van der Waals surface area contributed by atoms with Crippen molar-refractivity contribution in [2.24, 2.45) is 0 Å². The number of aliphatic carboxylic acids is 1. The topological polar surface area (TPSA) is 74.6 Å². The summed E-state index contributed by atoms with van der Waals surface area (Å²) in [4.78, 5) is 22.8. The minimum absolute atomic E-state index is 0.338. The van der Waals surface area contributed by atoms with Gasteiger partial charge in [-0.2, -0.15) is 0 Å². The number of halogens is 1. The maximum atomic E-state index is 12.8. The quantitative estimate of drug-likeness (QED) is 0.505. The van der Waals surface area contributed by atoms with Gasteiger partial charge in [-0.25, -0.2) is 9.18 Å². The van der Waals surface area contributed by atoms with E-state index in [1.165, 1.54) is 12.1 Å². The number of carboxylic acid groups (broad SMARTS) is 1. The van der Waals surface area contributed by atoms with E-state index in [1.54, 1.807) is 23.6 Å². The standard InChI is InChI=1S/C15H11FO4S/c16-11-3-1-9(2-4-11)7-10-5-6-21-14(10)12(17)8-13(18)15(19)20/h1-6,8,18H,7H2,(H,19,20)/b13-8-. The molecule has 0 radical (unpaired) electrons. The molecular formula is C15H11FO4S. The molecule has 4 nitrogen and oxygen atoms in total. The van der Waals surface area contributed by atoms with Gasteiger partial charge in [0.15, 0.2) is 5.78 Å². The lowest BCUT2D eigenvalue weighted by molar-refractivity contribution is -0.135. The summed E-state index contributed by atoms with van der Waals surface area (Å²) in [7, 11) is 0. The van der Waals surface area contributed by atoms with Gasteiger partial charge in [-0.3, -0.25) is 4.79 Å². The second kappa shape index (κ2) is 6.32. The number of allylic oxidation sites excluding steroid dienone is 1. The Labute approximate surface area is 123 Å². The molecule has 0 saturated carbocycles. The highest BCUT2D eigenvalue weighted by atomic mass is 32.1. The van der Waals surface area contributed by atoms with Crippen molar-refractivity contribution in [1.29, 1.82) is 0 Å². The first-order valence-corrected chi connectivity index (χ1v) is 6.84. The van der Waals surface area contributed by atoms with Crippen molar-refractivity contribution >= 4 is 23.1 Å². The Balaban J connectivity index is 2.22. The van der Waals surface area contributed by atoms with Gasteiger partial charge >= 0.3 is 5.97 Å². The van der Waals surface area contributed by atoms with E-state index in [1.807, 2.05) is 0 Å². The largest absolute Gasteiger partial charge is 0.502 e. The summed E-state index contributed by atoms with van der Waals surface area (Å²) in [6.45, 7) is 0. The van der Waals surface area contributed by atoms with Gasteiger partial charge in [0.05, 0.1) is 4.88 Å². The van der Waals surface area contributed by atoms with Crippen LogP contribution >= 0.6 is 11.3 Å². The third-order valence-corrected chi connectivity index (χ3v) is 3.74. The number of thiophene rings is 1. The average molecular weight is 306 g/mol. The number of carboxylic acids is 1. The molecule has 0 fully saturated rings. The van der Waals surface area contributed by atoms with Crippen LogP contribution in [0.4, 0.5) is 4.39 Å². The highest BCUT2D eigenvalue weighted by Gasteiger charge is 2.15. The summed E-state index contributed by atoms with van der Waals surface area (Å²) in [5.41, 5.74) is 1.53. The molecule has 0 aliphatic heterocycles. The molecule has 2 aromatic rings. The van der Waals surface area contributed by atoms with Gasteiger partial charge in [-0.05, 0) is 41.1 Å². The number of ketones is 1. The van der Waals surface area contributed by atoms with Crippen LogP contribution in [0.25, 0.3) is 0 Å². The summed E-state index contributed by atoms with van der Waals surface area (Å²) in [5.74, 6) is -3.46. The van der Waals surface area contributed by atoms with E-state index in [4.69, 9.17) is 10.2 Å². The second-order valence-corrected chi connectivity index (χ2v) is 5.19. The van der Waals surface area contributed by atoms with Gasteiger partial charge in [0.25, 0.3) is 0 Å². The number of aliphatic hydroxyl groups is 1. The van der Waals surface area contributed by atoms with Crippen molar-refractivity contribution < 1.29 is 24.2 Å². The fourth-order valence-corrected chi connectivity index (χ4v) is 2.60. The van der Waals surface area contributed by atoms with Crippen LogP contribution in [0.15, 0.2) is 47.5 Å². The number of carbonyl (C=O) groups excluding carboxylic acids is 1. The molecule has 108 valence electrons. The van der Waals surface area contributed by atoms with Crippen LogP contribution < -0.4 is 0 Å². The van der Waals surface area contributed by atoms with Crippen molar-refractivity contribution in [3.8, 4) is 0 Å². The highest BCUT2D eigenvalue weighted by Crippen LogP contribution is 2.22. The zero-order valence-electron chi connectivity index (χ0n) is 10.7. The van der Waals surface area contributed by atoms with E-state index < -0.39 is 17.5 Å². The highest BCUT2D eigenvalue weighted by molar-refractivity contribution is 7.12. The number of carbonyl (C=O) groups is 2. The molecule has 0 unspecified atom stereocenters. The maximum Gasteiger partial charge on any atom is 0.371 e. The maximum absolute atomic E-state index is 12.8. The van der Waals surface area contributed by atoms with Crippen LogP contribution in [0, 0.1) is 5.82 Å². The first-order valence-electron chi connectivity index (χ1n) is 5.96. The molecule has 21 heavy (non-hydrogen) atoms. The van der Waals surface area contributed by atoms with Crippen LogP contribution in [-0.4, -0.2) is 22.0 Å². The van der Waals surface area contributed by atoms with Crippen LogP contribution in [0.5, 0.6) is 0 Å². The Morgan fingerprint density at radius 3 is 2.43 bits per heavy atom. The monoisotopic (exact) mass is 306 g/mol. The summed E-state index contributed by atoms with van der Waals surface area (Å²) < 4.78 is 12.8. The molecule has 0 saturated heterocycles. The van der Waals surface area contributed by atoms with Crippen molar-refractivity contribution in [2.45, 2.75) is 6.42 Å². The Bertz CT molecular complexity index is 701. The molecule has 2 N–H and O–H groups in total. The smallest absolute Gasteiger partial charge is 0.371 e. The zero-order valence-corrected chi connectivity index (χ0v) is 11.6. The molecular weight excluding hydrogens is 295 g/mol. The molecule has 6 heteroatoms. The second-order valence-electron chi connectivity index (χ2n) is 4.28. The third-order valence-electron chi connectivity index (χ3n) is 2.77. The van der Waals surface area contributed by atoms with Crippen LogP contribution in [-0.2, 0) is 11.2 Å². The zero-order chi connectivity index (χ0) is 15.4. The summed E-state index contributed by atoms with van der Waals surface area (Å²) in [5, 5.41) is 19.4. The first-order chi connectivity index (χ1) is 9.97. The molecule has 1 aromatic heterocycles. The van der Waals surface area contributed by atoms with Gasteiger partial charge < -0.3 is 10.2 Å². The Morgan fingerprint density at radius 2 is 1.81 bits per heavy atom. The van der Waals surface area contributed by atoms with Gasteiger partial charge in [0.1, 0.15) is 5.82 Å². The third kappa shape index (κ3) is 3.76. The molecule has 1 aromatic carbocycles. The predicted molar refractivity (Wildman–Crippen MR) is 76.2 cm³/mol. The van der Waals surface area contributed by atoms with Crippen molar-refractivity contribution in [1.82, 2.24) is 0 Å². The van der Waals surface area contributed by atoms with Crippen LogP contribution in [0.1, 0.15) is 20.8 Å². The Hall–Kier alpha value is -2.47. The average Bonchev–Trinajstić information content (AvgIpc) is 2.89. The Kier molecular flexibility index (Phi) is 4.49. The lowest BCUT2D eigenvalue weighted by Gasteiger charge is -2.02. The van der Waals surface area contributed by atoms with E-state index in [2.05, 4.69) is 0 Å². The number of hydrogen-bond acceptors (Lipinski definition) is 4. The SMILES string of the molecule is O=C(O)/C(O)=C/C(=O)c1sccc1Cc1ccc(F)cc1. The lowest BCUT2D eigenvalue weighted by Crippen LogP contribution is -2.04. The molecule has 0 bridgehead atoms. The summed E-state index contributed by atoms with van der Waals surface area (Å²) in [6, 6.07) is 7.64. The minimum Gasteiger partial charge on any atom is -0.502 e. The van der Waals surface area contributed by atoms with Crippen LogP contribution in [0.2, 0.25) is 0 Å². The fraction of sp³-hybridized carbons (Fsp3) is 0.0667. The van der Waals surface area contributed by atoms with Gasteiger partial charge in [-0.1, -0.05) is 12.1 Å². The molecule has 0 aliphatic rings. The van der Waals surface area contributed by atoms with E-state index >= 15 is 0 Å². The Morgan fingerprint density at radius 1 is 1.14 bits per heavy atom. The van der Waals surface area contributed by atoms with E-state index in [0.29, 0.717) is 22.9 Å². The van der Waals surface area contributed by atoms with E-state index in [-0.39, 0.29) is 5.82 Å². The molecule has 1 heterocycles. The number of rotatable bonds is 5. The predicted octanol–water partition coefficient (Wildman–Crippen LogP) is 3.19. The van der Waals surface area contributed by atoms with Crippen molar-refractivity contribution in [3.05, 3.63) is 69.4 Å². The molecule has 0 atom stereocenters. The molecule has 0 spiro atoms. The fourth-order valence-electron chi connectivity index (χ4n) is 1.76. The van der Waals surface area contributed by atoms with Gasteiger partial charge in [0, 0.05) is 6.08 Å².